The number of nitrogens with one attached hydrogen (secondary N) is 1. The van der Waals surface area contributed by atoms with Gasteiger partial charge < -0.3 is 10.1 Å². The number of anilines is 1. The number of hydrogen-bond acceptors (Lipinski definition) is 6. The van der Waals surface area contributed by atoms with Gasteiger partial charge in [-0.15, -0.1) is 0 Å². The maximum Gasteiger partial charge on any atom is 0.241 e. The molecular weight excluding hydrogens is 452 g/mol. The molecule has 1 unspecified atom stereocenters. The summed E-state index contributed by atoms with van der Waals surface area (Å²) in [5, 5.41) is 3.00. The molecule has 2 rings (SSSR count). The minimum atomic E-state index is -3.82. The zero-order valence-electron chi connectivity index (χ0n) is 16.9. The van der Waals surface area contributed by atoms with Crippen molar-refractivity contribution in [1.82, 2.24) is 5.32 Å². The van der Waals surface area contributed by atoms with Gasteiger partial charge in [-0.25, -0.2) is 16.8 Å². The Morgan fingerprint density at radius 2 is 1.70 bits per heavy atom. The van der Waals surface area contributed by atoms with E-state index in [1.54, 1.807) is 25.1 Å². The van der Waals surface area contributed by atoms with Gasteiger partial charge in [0.2, 0.25) is 15.9 Å². The number of carbonyl (C=O) groups excluding carboxylic acids is 1. The highest BCUT2D eigenvalue weighted by Crippen LogP contribution is 2.32. The SMILES string of the molecule is COc1ccc(Cl)cc1N(CC(=O)NC(C)c1ccc(S(C)(=O)=O)cc1)S(C)(=O)=O. The molecule has 11 heteroatoms. The van der Waals surface area contributed by atoms with Crippen molar-refractivity contribution >= 4 is 43.1 Å². The maximum atomic E-state index is 12.6. The van der Waals surface area contributed by atoms with Crippen LogP contribution in [0, 0.1) is 0 Å². The molecule has 0 bridgehead atoms. The molecule has 1 N–H and O–H groups in total. The monoisotopic (exact) mass is 474 g/mol. The van der Waals surface area contributed by atoms with Crippen LogP contribution < -0.4 is 14.4 Å². The first kappa shape index (κ1) is 24.0. The zero-order valence-corrected chi connectivity index (χ0v) is 19.3. The lowest BCUT2D eigenvalue weighted by atomic mass is 10.1. The van der Waals surface area contributed by atoms with Crippen LogP contribution in [0.5, 0.6) is 5.75 Å². The number of benzene rings is 2. The van der Waals surface area contributed by atoms with Gasteiger partial charge in [0.15, 0.2) is 9.84 Å². The average Bonchev–Trinajstić information content (AvgIpc) is 2.64. The van der Waals surface area contributed by atoms with E-state index in [4.69, 9.17) is 16.3 Å². The van der Waals surface area contributed by atoms with Crippen LogP contribution in [0.25, 0.3) is 0 Å². The van der Waals surface area contributed by atoms with Gasteiger partial charge in [0.25, 0.3) is 0 Å². The van der Waals surface area contributed by atoms with Crippen molar-refractivity contribution in [1.29, 1.82) is 0 Å². The van der Waals surface area contributed by atoms with Gasteiger partial charge in [-0.05, 0) is 42.8 Å². The molecule has 30 heavy (non-hydrogen) atoms. The number of hydrogen-bond donors (Lipinski definition) is 1. The fourth-order valence-electron chi connectivity index (χ4n) is 2.74. The summed E-state index contributed by atoms with van der Waals surface area (Å²) < 4.78 is 53.9. The molecule has 0 saturated heterocycles. The minimum Gasteiger partial charge on any atom is -0.495 e. The summed E-state index contributed by atoms with van der Waals surface area (Å²) in [6.45, 7) is 1.22. The first-order valence-corrected chi connectivity index (χ1v) is 12.9. The van der Waals surface area contributed by atoms with E-state index in [2.05, 4.69) is 5.32 Å². The normalized spacial score (nSPS) is 12.8. The number of methoxy groups -OCH3 is 1. The molecule has 0 aliphatic heterocycles. The predicted molar refractivity (Wildman–Crippen MR) is 116 cm³/mol. The topological polar surface area (TPSA) is 110 Å². The second kappa shape index (κ2) is 9.23. The quantitative estimate of drug-likeness (QED) is 0.629. The summed E-state index contributed by atoms with van der Waals surface area (Å²) in [5.41, 5.74) is 0.815. The Balaban J connectivity index is 2.22. The largest absolute Gasteiger partial charge is 0.495 e. The number of sulfonamides is 1. The molecule has 1 amide bonds. The summed E-state index contributed by atoms with van der Waals surface area (Å²) in [5.74, 6) is -0.302. The van der Waals surface area contributed by atoms with Crippen molar-refractivity contribution < 1.29 is 26.4 Å². The van der Waals surface area contributed by atoms with E-state index in [0.717, 1.165) is 16.8 Å². The number of nitrogens with zero attached hydrogens (tertiary/aromatic N) is 1. The van der Waals surface area contributed by atoms with Crippen LogP contribution >= 0.6 is 11.6 Å². The fourth-order valence-corrected chi connectivity index (χ4v) is 4.39. The van der Waals surface area contributed by atoms with Gasteiger partial charge >= 0.3 is 0 Å². The van der Waals surface area contributed by atoms with E-state index in [0.29, 0.717) is 10.6 Å². The highest BCUT2D eigenvalue weighted by Gasteiger charge is 2.25. The predicted octanol–water partition coefficient (Wildman–Crippen LogP) is 2.40. The molecule has 0 aliphatic carbocycles. The van der Waals surface area contributed by atoms with Gasteiger partial charge in [-0.1, -0.05) is 23.7 Å². The molecule has 0 fully saturated rings. The van der Waals surface area contributed by atoms with Gasteiger partial charge in [0, 0.05) is 11.3 Å². The third-order valence-corrected chi connectivity index (χ3v) is 6.77. The highest BCUT2D eigenvalue weighted by atomic mass is 35.5. The zero-order chi connectivity index (χ0) is 22.7. The number of carbonyl (C=O) groups is 1. The smallest absolute Gasteiger partial charge is 0.241 e. The van der Waals surface area contributed by atoms with Crippen molar-refractivity contribution in [2.24, 2.45) is 0 Å². The molecular formula is C19H23ClN2O6S2. The van der Waals surface area contributed by atoms with E-state index in [1.807, 2.05) is 0 Å². The molecule has 0 heterocycles. The number of ether oxygens (including phenoxy) is 1. The fraction of sp³-hybridized carbons (Fsp3) is 0.316. The number of sulfone groups is 1. The molecule has 0 spiro atoms. The Hall–Kier alpha value is -2.30. The van der Waals surface area contributed by atoms with Gasteiger partial charge in [0.1, 0.15) is 12.3 Å². The van der Waals surface area contributed by atoms with Crippen LogP contribution in [0.1, 0.15) is 18.5 Å². The van der Waals surface area contributed by atoms with Crippen LogP contribution in [0.15, 0.2) is 47.4 Å². The molecule has 0 saturated carbocycles. The average molecular weight is 475 g/mol. The molecule has 164 valence electrons. The first-order valence-electron chi connectivity index (χ1n) is 8.73. The molecule has 8 nitrogen and oxygen atoms in total. The van der Waals surface area contributed by atoms with Gasteiger partial charge in [-0.2, -0.15) is 0 Å². The standard InChI is InChI=1S/C19H23ClN2O6S2/c1-13(14-5-8-16(9-6-14)29(3,24)25)21-19(23)12-22(30(4,26)27)17-11-15(20)7-10-18(17)28-2/h5-11,13H,12H2,1-4H3,(H,21,23). The lowest BCUT2D eigenvalue weighted by Crippen LogP contribution is -2.41. The second-order valence-electron chi connectivity index (χ2n) is 6.72. The Kier molecular flexibility index (Phi) is 7.38. The summed E-state index contributed by atoms with van der Waals surface area (Å²) in [6.07, 6.45) is 2.09. The number of rotatable bonds is 8. The second-order valence-corrected chi connectivity index (χ2v) is 11.1. The summed E-state index contributed by atoms with van der Waals surface area (Å²) in [7, 11) is -5.76. The van der Waals surface area contributed by atoms with Gasteiger partial charge in [-0.3, -0.25) is 9.10 Å². The molecule has 2 aromatic rings. The summed E-state index contributed by atoms with van der Waals surface area (Å²) in [4.78, 5) is 12.7. The van der Waals surface area contributed by atoms with Crippen molar-refractivity contribution in [3.8, 4) is 5.75 Å². The number of halogens is 1. The maximum absolute atomic E-state index is 12.6. The molecule has 1 atom stereocenters. The molecule has 0 aromatic heterocycles. The Morgan fingerprint density at radius 1 is 1.10 bits per heavy atom. The van der Waals surface area contributed by atoms with E-state index < -0.39 is 38.4 Å². The van der Waals surface area contributed by atoms with Crippen LogP contribution in [-0.4, -0.2) is 48.9 Å². The summed E-state index contributed by atoms with van der Waals surface area (Å²) in [6, 6.07) is 10.1. The van der Waals surface area contributed by atoms with Crippen LogP contribution in [0.3, 0.4) is 0 Å². The van der Waals surface area contributed by atoms with Crippen molar-refractivity contribution in [2.75, 3.05) is 30.5 Å². The Labute approximate surface area is 181 Å². The number of amides is 1. The lowest BCUT2D eigenvalue weighted by Gasteiger charge is -2.25. The minimum absolute atomic E-state index is 0.146. The Bertz CT molecular complexity index is 1130. The van der Waals surface area contributed by atoms with E-state index in [9.17, 15) is 21.6 Å². The first-order chi connectivity index (χ1) is 13.8. The van der Waals surface area contributed by atoms with E-state index >= 15 is 0 Å². The van der Waals surface area contributed by atoms with E-state index in [1.165, 1.54) is 31.4 Å². The third kappa shape index (κ3) is 6.10. The molecule has 0 radical (unpaired) electrons. The molecule has 2 aromatic carbocycles. The summed E-state index contributed by atoms with van der Waals surface area (Å²) >= 11 is 5.99. The van der Waals surface area contributed by atoms with Crippen LogP contribution in [0.2, 0.25) is 5.02 Å². The lowest BCUT2D eigenvalue weighted by molar-refractivity contribution is -0.120. The van der Waals surface area contributed by atoms with Crippen molar-refractivity contribution in [3.63, 3.8) is 0 Å². The van der Waals surface area contributed by atoms with Crippen LogP contribution in [0.4, 0.5) is 5.69 Å². The Morgan fingerprint density at radius 3 is 2.20 bits per heavy atom. The van der Waals surface area contributed by atoms with E-state index in [-0.39, 0.29) is 16.3 Å². The van der Waals surface area contributed by atoms with Crippen LogP contribution in [-0.2, 0) is 24.7 Å². The molecule has 0 aliphatic rings. The third-order valence-electron chi connectivity index (χ3n) is 4.28. The van der Waals surface area contributed by atoms with Crippen molar-refractivity contribution in [3.05, 3.63) is 53.1 Å². The van der Waals surface area contributed by atoms with Crippen molar-refractivity contribution in [2.45, 2.75) is 17.9 Å². The highest BCUT2D eigenvalue weighted by molar-refractivity contribution is 7.92. The van der Waals surface area contributed by atoms with Gasteiger partial charge in [0.05, 0.1) is 30.0 Å².